The number of carboxylic acids is 1. The lowest BCUT2D eigenvalue weighted by atomic mass is 9.81. The Labute approximate surface area is 202 Å². The van der Waals surface area contributed by atoms with Crippen molar-refractivity contribution in [2.75, 3.05) is 6.54 Å². The zero-order valence-electron chi connectivity index (χ0n) is 18.1. The lowest BCUT2D eigenvalue weighted by Crippen LogP contribution is -2.49. The van der Waals surface area contributed by atoms with Crippen LogP contribution in [0.3, 0.4) is 0 Å². The molecule has 2 N–H and O–H groups in total. The predicted octanol–water partition coefficient (Wildman–Crippen LogP) is 4.88. The quantitative estimate of drug-likeness (QED) is 0.606. The molecule has 1 saturated carbocycles. The summed E-state index contributed by atoms with van der Waals surface area (Å²) in [5, 5.41) is 12.6. The van der Waals surface area contributed by atoms with Crippen LogP contribution in [-0.4, -0.2) is 40.4 Å². The molecule has 1 aliphatic carbocycles. The van der Waals surface area contributed by atoms with Crippen LogP contribution in [0.5, 0.6) is 0 Å². The SMILES string of the molecule is O=C(O)CCNC(=O)[C@H]1CC[C@@H](N2C(=O)c3ccccc3C[C@@H]2c2ccc(Cl)cc2Cl)CC1. The molecule has 1 aliphatic heterocycles. The Morgan fingerprint density at radius 2 is 1.79 bits per heavy atom. The second kappa shape index (κ2) is 10.1. The lowest BCUT2D eigenvalue weighted by Gasteiger charge is -2.44. The monoisotopic (exact) mass is 488 g/mol. The molecule has 0 spiro atoms. The van der Waals surface area contributed by atoms with E-state index in [-0.39, 0.29) is 42.8 Å². The molecular formula is C25H26Cl2N2O4. The third-order valence-electron chi connectivity index (χ3n) is 6.65. The number of hydrogen-bond acceptors (Lipinski definition) is 3. The second-order valence-corrected chi connectivity index (χ2v) is 9.54. The number of hydrogen-bond donors (Lipinski definition) is 2. The molecule has 2 amide bonds. The molecule has 4 rings (SSSR count). The zero-order valence-corrected chi connectivity index (χ0v) is 19.6. The van der Waals surface area contributed by atoms with Crippen LogP contribution in [-0.2, 0) is 16.0 Å². The number of halogens is 2. The van der Waals surface area contributed by atoms with Crippen LogP contribution in [0.4, 0.5) is 0 Å². The highest BCUT2D eigenvalue weighted by atomic mass is 35.5. The minimum atomic E-state index is -0.935. The molecule has 0 radical (unpaired) electrons. The zero-order chi connectivity index (χ0) is 23.5. The van der Waals surface area contributed by atoms with Gasteiger partial charge in [0.1, 0.15) is 0 Å². The van der Waals surface area contributed by atoms with Gasteiger partial charge in [-0.3, -0.25) is 14.4 Å². The number of carbonyl (C=O) groups excluding carboxylic acids is 2. The Kier molecular flexibility index (Phi) is 7.25. The standard InChI is InChI=1S/C25H26Cl2N2O4/c26-17-7-10-20(21(27)14-17)22-13-16-3-1-2-4-19(16)25(33)29(22)18-8-5-15(6-9-18)24(32)28-12-11-23(30)31/h1-4,7,10,14-15,18,22H,5-6,8-9,11-13H2,(H,28,32)(H,30,31)/t15-,18+,22-/m1/s1. The van der Waals surface area contributed by atoms with Crippen LogP contribution in [0.1, 0.15) is 59.6 Å². The van der Waals surface area contributed by atoms with Crippen LogP contribution in [0.2, 0.25) is 10.0 Å². The number of carboxylic acid groups (broad SMARTS) is 1. The molecule has 1 fully saturated rings. The van der Waals surface area contributed by atoms with E-state index in [2.05, 4.69) is 5.32 Å². The van der Waals surface area contributed by atoms with E-state index in [1.54, 1.807) is 12.1 Å². The largest absolute Gasteiger partial charge is 0.481 e. The predicted molar refractivity (Wildman–Crippen MR) is 127 cm³/mol. The number of fused-ring (bicyclic) bond motifs is 1. The van der Waals surface area contributed by atoms with E-state index >= 15 is 0 Å². The van der Waals surface area contributed by atoms with Gasteiger partial charge in [-0.05, 0) is 61.4 Å². The number of amides is 2. The Morgan fingerprint density at radius 1 is 1.06 bits per heavy atom. The minimum absolute atomic E-state index is 0.00864. The molecule has 2 aromatic carbocycles. The van der Waals surface area contributed by atoms with Crippen LogP contribution in [0.25, 0.3) is 0 Å². The molecule has 0 unspecified atom stereocenters. The Morgan fingerprint density at radius 3 is 2.48 bits per heavy atom. The maximum absolute atomic E-state index is 13.6. The van der Waals surface area contributed by atoms with Gasteiger partial charge in [-0.15, -0.1) is 0 Å². The van der Waals surface area contributed by atoms with Crippen molar-refractivity contribution in [3.05, 3.63) is 69.2 Å². The average molecular weight is 489 g/mol. The van der Waals surface area contributed by atoms with Gasteiger partial charge in [0.2, 0.25) is 5.91 Å². The third-order valence-corrected chi connectivity index (χ3v) is 7.21. The first-order valence-corrected chi connectivity index (χ1v) is 12.0. The highest BCUT2D eigenvalue weighted by molar-refractivity contribution is 6.35. The number of carbonyl (C=O) groups is 3. The fraction of sp³-hybridized carbons (Fsp3) is 0.400. The molecule has 6 nitrogen and oxygen atoms in total. The molecule has 0 aromatic heterocycles. The van der Waals surface area contributed by atoms with E-state index in [4.69, 9.17) is 28.3 Å². The van der Waals surface area contributed by atoms with E-state index in [0.717, 1.165) is 11.1 Å². The Hall–Kier alpha value is -2.57. The van der Waals surface area contributed by atoms with Gasteiger partial charge in [0, 0.05) is 34.1 Å². The summed E-state index contributed by atoms with van der Waals surface area (Å²) in [5.41, 5.74) is 2.59. The van der Waals surface area contributed by atoms with Crippen molar-refractivity contribution in [1.82, 2.24) is 10.2 Å². The van der Waals surface area contributed by atoms with Gasteiger partial charge in [0.25, 0.3) is 5.91 Å². The average Bonchev–Trinajstić information content (AvgIpc) is 2.79. The van der Waals surface area contributed by atoms with Gasteiger partial charge in [-0.2, -0.15) is 0 Å². The van der Waals surface area contributed by atoms with Crippen molar-refractivity contribution < 1.29 is 19.5 Å². The summed E-state index contributed by atoms with van der Waals surface area (Å²) in [6.45, 7) is 0.132. The fourth-order valence-electron chi connectivity index (χ4n) is 5.00. The van der Waals surface area contributed by atoms with Crippen molar-refractivity contribution in [2.24, 2.45) is 5.92 Å². The molecule has 0 bridgehead atoms. The number of rotatable bonds is 6. The van der Waals surface area contributed by atoms with Gasteiger partial charge >= 0.3 is 5.97 Å². The lowest BCUT2D eigenvalue weighted by molar-refractivity contribution is -0.137. The maximum atomic E-state index is 13.6. The summed E-state index contributed by atoms with van der Waals surface area (Å²) in [7, 11) is 0. The Balaban J connectivity index is 1.54. The smallest absolute Gasteiger partial charge is 0.305 e. The normalized spacial score (nSPS) is 22.5. The molecule has 1 heterocycles. The highest BCUT2D eigenvalue weighted by Gasteiger charge is 2.40. The van der Waals surface area contributed by atoms with Gasteiger partial charge in [-0.1, -0.05) is 47.5 Å². The number of nitrogens with one attached hydrogen (secondary N) is 1. The molecule has 174 valence electrons. The van der Waals surface area contributed by atoms with Crippen molar-refractivity contribution in [3.8, 4) is 0 Å². The molecule has 33 heavy (non-hydrogen) atoms. The molecular weight excluding hydrogens is 463 g/mol. The van der Waals surface area contributed by atoms with Crippen LogP contribution < -0.4 is 5.32 Å². The molecule has 1 atom stereocenters. The number of nitrogens with zero attached hydrogens (tertiary/aromatic N) is 1. The summed E-state index contributed by atoms with van der Waals surface area (Å²) in [4.78, 5) is 38.7. The molecule has 0 saturated heterocycles. The maximum Gasteiger partial charge on any atom is 0.305 e. The number of benzene rings is 2. The van der Waals surface area contributed by atoms with Gasteiger partial charge < -0.3 is 15.3 Å². The van der Waals surface area contributed by atoms with Crippen molar-refractivity contribution in [2.45, 2.75) is 50.6 Å². The highest BCUT2D eigenvalue weighted by Crippen LogP contribution is 2.41. The summed E-state index contributed by atoms with van der Waals surface area (Å²) < 4.78 is 0. The second-order valence-electron chi connectivity index (χ2n) is 8.70. The van der Waals surface area contributed by atoms with E-state index in [1.807, 2.05) is 35.2 Å². The first-order chi connectivity index (χ1) is 15.8. The van der Waals surface area contributed by atoms with Gasteiger partial charge in [-0.25, -0.2) is 0 Å². The van der Waals surface area contributed by atoms with E-state index in [9.17, 15) is 14.4 Å². The van der Waals surface area contributed by atoms with Crippen LogP contribution in [0.15, 0.2) is 42.5 Å². The topological polar surface area (TPSA) is 86.7 Å². The van der Waals surface area contributed by atoms with E-state index < -0.39 is 5.97 Å². The van der Waals surface area contributed by atoms with Gasteiger partial charge in [0.05, 0.1) is 12.5 Å². The van der Waals surface area contributed by atoms with Crippen LogP contribution >= 0.6 is 23.2 Å². The Bertz CT molecular complexity index is 1070. The van der Waals surface area contributed by atoms with Crippen LogP contribution in [0, 0.1) is 5.92 Å². The number of aliphatic carboxylic acids is 1. The van der Waals surface area contributed by atoms with Crippen molar-refractivity contribution in [1.29, 1.82) is 0 Å². The molecule has 2 aliphatic rings. The summed E-state index contributed by atoms with van der Waals surface area (Å²) in [6, 6.07) is 12.9. The van der Waals surface area contributed by atoms with Crippen molar-refractivity contribution in [3.63, 3.8) is 0 Å². The summed E-state index contributed by atoms with van der Waals surface area (Å²) in [6.07, 6.45) is 3.27. The summed E-state index contributed by atoms with van der Waals surface area (Å²) >= 11 is 12.7. The fourth-order valence-corrected chi connectivity index (χ4v) is 5.53. The summed E-state index contributed by atoms with van der Waals surface area (Å²) in [5.74, 6) is -1.22. The van der Waals surface area contributed by atoms with E-state index in [0.29, 0.717) is 47.7 Å². The first kappa shape index (κ1) is 23.6. The first-order valence-electron chi connectivity index (χ1n) is 11.2. The van der Waals surface area contributed by atoms with E-state index in [1.165, 1.54) is 0 Å². The van der Waals surface area contributed by atoms with Gasteiger partial charge in [0.15, 0.2) is 0 Å². The molecule has 8 heteroatoms. The molecule has 2 aromatic rings. The minimum Gasteiger partial charge on any atom is -0.481 e. The third kappa shape index (κ3) is 5.17. The van der Waals surface area contributed by atoms with Crippen molar-refractivity contribution >= 4 is 41.0 Å².